The van der Waals surface area contributed by atoms with Crippen LogP contribution in [0.15, 0.2) is 12.4 Å². The van der Waals surface area contributed by atoms with Crippen molar-refractivity contribution in [3.8, 4) is 0 Å². The van der Waals surface area contributed by atoms with Gasteiger partial charge in [-0.3, -0.25) is 9.48 Å². The predicted molar refractivity (Wildman–Crippen MR) is 45.3 cm³/mol. The number of hydrogen-bond donors (Lipinski definition) is 1. The van der Waals surface area contributed by atoms with E-state index in [2.05, 4.69) is 5.10 Å². The zero-order chi connectivity index (χ0) is 8.97. The molecule has 12 heavy (non-hydrogen) atoms. The first-order chi connectivity index (χ1) is 5.68. The van der Waals surface area contributed by atoms with E-state index >= 15 is 0 Å². The van der Waals surface area contributed by atoms with Crippen LogP contribution in [0.25, 0.3) is 0 Å². The number of carbonyl (C=O) groups is 1. The smallest absolute Gasteiger partial charge is 0.217 e. The molecule has 0 saturated heterocycles. The van der Waals surface area contributed by atoms with Gasteiger partial charge in [-0.05, 0) is 18.4 Å². The summed E-state index contributed by atoms with van der Waals surface area (Å²) in [6.07, 6.45) is 5.88. The van der Waals surface area contributed by atoms with Gasteiger partial charge in [0.05, 0.1) is 6.20 Å². The highest BCUT2D eigenvalue weighted by Gasteiger charge is 1.97. The van der Waals surface area contributed by atoms with Gasteiger partial charge in [0, 0.05) is 19.7 Å². The molecule has 0 aliphatic carbocycles. The van der Waals surface area contributed by atoms with Crippen LogP contribution in [0.4, 0.5) is 0 Å². The summed E-state index contributed by atoms with van der Waals surface area (Å²) in [5.41, 5.74) is 6.15. The Labute approximate surface area is 71.4 Å². The van der Waals surface area contributed by atoms with E-state index in [1.165, 1.54) is 0 Å². The van der Waals surface area contributed by atoms with Crippen molar-refractivity contribution in [2.24, 2.45) is 12.8 Å². The van der Waals surface area contributed by atoms with Gasteiger partial charge in [0.1, 0.15) is 0 Å². The van der Waals surface area contributed by atoms with Crippen molar-refractivity contribution in [2.45, 2.75) is 19.3 Å². The van der Waals surface area contributed by atoms with Crippen LogP contribution in [-0.4, -0.2) is 15.7 Å². The molecule has 0 atom stereocenters. The standard InChI is InChI=1S/C8H13N3O/c1-11-6-7(5-10-11)3-2-4-8(9)12/h5-6H,2-4H2,1H3,(H2,9,12). The Hall–Kier alpha value is -1.32. The Morgan fingerprint density at radius 1 is 1.75 bits per heavy atom. The van der Waals surface area contributed by atoms with E-state index in [1.807, 2.05) is 13.2 Å². The van der Waals surface area contributed by atoms with Crippen LogP contribution in [0.5, 0.6) is 0 Å². The van der Waals surface area contributed by atoms with Crippen LogP contribution < -0.4 is 5.73 Å². The van der Waals surface area contributed by atoms with Crippen molar-refractivity contribution < 1.29 is 4.79 Å². The minimum absolute atomic E-state index is 0.237. The molecule has 0 unspecified atom stereocenters. The quantitative estimate of drug-likeness (QED) is 0.697. The number of primary amides is 1. The monoisotopic (exact) mass is 167 g/mol. The van der Waals surface area contributed by atoms with Gasteiger partial charge < -0.3 is 5.73 Å². The van der Waals surface area contributed by atoms with Gasteiger partial charge in [0.25, 0.3) is 0 Å². The van der Waals surface area contributed by atoms with Crippen molar-refractivity contribution in [3.05, 3.63) is 18.0 Å². The summed E-state index contributed by atoms with van der Waals surface area (Å²) in [5, 5.41) is 4.01. The molecule has 1 aromatic rings. The second-order valence-corrected chi connectivity index (χ2v) is 2.84. The summed E-state index contributed by atoms with van der Waals surface area (Å²) >= 11 is 0. The first kappa shape index (κ1) is 8.77. The molecule has 1 heterocycles. The molecule has 0 aromatic carbocycles. The van der Waals surface area contributed by atoms with E-state index in [0.29, 0.717) is 6.42 Å². The van der Waals surface area contributed by atoms with Crippen LogP contribution in [-0.2, 0) is 18.3 Å². The van der Waals surface area contributed by atoms with Gasteiger partial charge in [-0.25, -0.2) is 0 Å². The molecule has 1 rings (SSSR count). The predicted octanol–water partition coefficient (Wildman–Crippen LogP) is 0.228. The first-order valence-corrected chi connectivity index (χ1v) is 3.94. The SMILES string of the molecule is Cn1cc(CCCC(N)=O)cn1. The third-order valence-corrected chi connectivity index (χ3v) is 1.65. The maximum Gasteiger partial charge on any atom is 0.217 e. The summed E-state index contributed by atoms with van der Waals surface area (Å²) in [5.74, 6) is -0.237. The van der Waals surface area contributed by atoms with Crippen molar-refractivity contribution in [1.82, 2.24) is 9.78 Å². The lowest BCUT2D eigenvalue weighted by molar-refractivity contribution is -0.118. The average Bonchev–Trinajstić information content (AvgIpc) is 2.35. The van der Waals surface area contributed by atoms with Crippen molar-refractivity contribution in [1.29, 1.82) is 0 Å². The van der Waals surface area contributed by atoms with E-state index in [9.17, 15) is 4.79 Å². The molecule has 4 nitrogen and oxygen atoms in total. The number of nitrogens with two attached hydrogens (primary N) is 1. The molecule has 4 heteroatoms. The summed E-state index contributed by atoms with van der Waals surface area (Å²) in [6.45, 7) is 0. The topological polar surface area (TPSA) is 60.9 Å². The number of carbonyl (C=O) groups excluding carboxylic acids is 1. The third-order valence-electron chi connectivity index (χ3n) is 1.65. The van der Waals surface area contributed by atoms with Crippen LogP contribution in [0.2, 0.25) is 0 Å². The van der Waals surface area contributed by atoms with Crippen LogP contribution in [0.3, 0.4) is 0 Å². The maximum absolute atomic E-state index is 10.4. The molecule has 0 aliphatic rings. The molecule has 66 valence electrons. The van der Waals surface area contributed by atoms with Gasteiger partial charge in [-0.1, -0.05) is 0 Å². The van der Waals surface area contributed by atoms with Gasteiger partial charge >= 0.3 is 0 Å². The largest absolute Gasteiger partial charge is 0.370 e. The second kappa shape index (κ2) is 3.90. The fourth-order valence-corrected chi connectivity index (χ4v) is 1.07. The number of amides is 1. The van der Waals surface area contributed by atoms with Crippen LogP contribution in [0, 0.1) is 0 Å². The van der Waals surface area contributed by atoms with Crippen molar-refractivity contribution >= 4 is 5.91 Å². The Morgan fingerprint density at radius 3 is 3.00 bits per heavy atom. The zero-order valence-electron chi connectivity index (χ0n) is 7.16. The summed E-state index contributed by atoms with van der Waals surface area (Å²) < 4.78 is 1.75. The third kappa shape index (κ3) is 2.74. The number of rotatable bonds is 4. The molecular weight excluding hydrogens is 154 g/mol. The maximum atomic E-state index is 10.4. The number of aromatic nitrogens is 2. The molecule has 0 bridgehead atoms. The van der Waals surface area contributed by atoms with E-state index in [-0.39, 0.29) is 5.91 Å². The minimum Gasteiger partial charge on any atom is -0.370 e. The summed E-state index contributed by atoms with van der Waals surface area (Å²) in [7, 11) is 1.87. The first-order valence-electron chi connectivity index (χ1n) is 3.94. The lowest BCUT2D eigenvalue weighted by atomic mass is 10.1. The van der Waals surface area contributed by atoms with Gasteiger partial charge in [-0.15, -0.1) is 0 Å². The van der Waals surface area contributed by atoms with Gasteiger partial charge in [0.2, 0.25) is 5.91 Å². The van der Waals surface area contributed by atoms with E-state index in [1.54, 1.807) is 10.9 Å². The molecule has 0 radical (unpaired) electrons. The Morgan fingerprint density at radius 2 is 2.50 bits per heavy atom. The van der Waals surface area contributed by atoms with Gasteiger partial charge in [0.15, 0.2) is 0 Å². The Balaban J connectivity index is 2.29. The fourth-order valence-electron chi connectivity index (χ4n) is 1.07. The molecule has 2 N–H and O–H groups in total. The minimum atomic E-state index is -0.237. The lowest BCUT2D eigenvalue weighted by Gasteiger charge is -1.93. The average molecular weight is 167 g/mol. The zero-order valence-corrected chi connectivity index (χ0v) is 7.16. The normalized spacial score (nSPS) is 10.1. The van der Waals surface area contributed by atoms with Crippen LogP contribution >= 0.6 is 0 Å². The Kier molecular flexibility index (Phi) is 2.85. The summed E-state index contributed by atoms with van der Waals surface area (Å²) in [6, 6.07) is 0. The molecule has 0 fully saturated rings. The highest BCUT2D eigenvalue weighted by Crippen LogP contribution is 2.02. The highest BCUT2D eigenvalue weighted by atomic mass is 16.1. The van der Waals surface area contributed by atoms with E-state index in [0.717, 1.165) is 18.4 Å². The van der Waals surface area contributed by atoms with Crippen molar-refractivity contribution in [2.75, 3.05) is 0 Å². The fraction of sp³-hybridized carbons (Fsp3) is 0.500. The van der Waals surface area contributed by atoms with Crippen molar-refractivity contribution in [3.63, 3.8) is 0 Å². The van der Waals surface area contributed by atoms with Gasteiger partial charge in [-0.2, -0.15) is 5.10 Å². The lowest BCUT2D eigenvalue weighted by Crippen LogP contribution is -2.09. The van der Waals surface area contributed by atoms with E-state index in [4.69, 9.17) is 5.73 Å². The second-order valence-electron chi connectivity index (χ2n) is 2.84. The number of aryl methyl sites for hydroxylation is 2. The molecular formula is C8H13N3O. The van der Waals surface area contributed by atoms with E-state index < -0.39 is 0 Å². The molecule has 1 aromatic heterocycles. The molecule has 1 amide bonds. The van der Waals surface area contributed by atoms with Crippen LogP contribution in [0.1, 0.15) is 18.4 Å². The molecule has 0 saturated carbocycles. The number of hydrogen-bond acceptors (Lipinski definition) is 2. The Bertz CT molecular complexity index is 267. The molecule has 0 spiro atoms. The summed E-state index contributed by atoms with van der Waals surface area (Å²) in [4.78, 5) is 10.4. The highest BCUT2D eigenvalue weighted by molar-refractivity contribution is 5.73. The molecule has 0 aliphatic heterocycles. The number of nitrogens with zero attached hydrogens (tertiary/aromatic N) is 2.